The number of hydrogen-bond donors (Lipinski definition) is 0. The van der Waals surface area contributed by atoms with Gasteiger partial charge in [0.15, 0.2) is 5.78 Å². The molecule has 2 heterocycles. The van der Waals surface area contributed by atoms with Gasteiger partial charge in [0.2, 0.25) is 0 Å². The number of esters is 1. The normalized spacial score (nSPS) is 10.8. The van der Waals surface area contributed by atoms with Crippen LogP contribution in [0.1, 0.15) is 45.2 Å². The van der Waals surface area contributed by atoms with Crippen molar-refractivity contribution in [3.05, 3.63) is 62.5 Å². The summed E-state index contributed by atoms with van der Waals surface area (Å²) in [4.78, 5) is 29.8. The second kappa shape index (κ2) is 8.15. The first kappa shape index (κ1) is 19.5. The fourth-order valence-corrected chi connectivity index (χ4v) is 4.88. The summed E-state index contributed by atoms with van der Waals surface area (Å²) >= 11 is 3.16. The van der Waals surface area contributed by atoms with Crippen molar-refractivity contribution >= 4 is 34.4 Å². The van der Waals surface area contributed by atoms with Gasteiger partial charge in [0.1, 0.15) is 11.6 Å². The van der Waals surface area contributed by atoms with Gasteiger partial charge in [0.25, 0.3) is 0 Å². The maximum atomic E-state index is 12.3. The van der Waals surface area contributed by atoms with Crippen LogP contribution in [0.15, 0.2) is 29.0 Å². The molecule has 0 unspecified atom stereocenters. The molecule has 3 rings (SSSR count). The number of thiazole rings is 1. The van der Waals surface area contributed by atoms with Crippen molar-refractivity contribution in [2.45, 2.75) is 40.7 Å². The quantitative estimate of drug-likeness (QED) is 0.418. The standard InChI is InChI=1S/C21H21NO3S2/c1-12-8-13(2)20(15(4)23)14(3)17(12)10-25-19(24)9-16-11-27-21(22-16)18-6-5-7-26-18/h5-8,11H,9-10H2,1-4H3. The largest absolute Gasteiger partial charge is 0.460 e. The van der Waals surface area contributed by atoms with E-state index in [-0.39, 0.29) is 24.8 Å². The van der Waals surface area contributed by atoms with Crippen molar-refractivity contribution in [2.75, 3.05) is 0 Å². The zero-order valence-corrected chi connectivity index (χ0v) is 17.4. The van der Waals surface area contributed by atoms with E-state index in [9.17, 15) is 9.59 Å². The molecular weight excluding hydrogens is 378 g/mol. The smallest absolute Gasteiger partial charge is 0.312 e. The van der Waals surface area contributed by atoms with Crippen LogP contribution in [0, 0.1) is 20.8 Å². The van der Waals surface area contributed by atoms with Gasteiger partial charge in [-0.15, -0.1) is 22.7 Å². The molecule has 0 aliphatic rings. The maximum absolute atomic E-state index is 12.3. The predicted molar refractivity (Wildman–Crippen MR) is 110 cm³/mol. The zero-order chi connectivity index (χ0) is 19.6. The van der Waals surface area contributed by atoms with Crippen LogP contribution in [0.25, 0.3) is 9.88 Å². The molecule has 0 atom stereocenters. The van der Waals surface area contributed by atoms with Crippen molar-refractivity contribution in [1.82, 2.24) is 4.98 Å². The van der Waals surface area contributed by atoms with E-state index in [1.807, 2.05) is 49.7 Å². The number of carbonyl (C=O) groups is 2. The van der Waals surface area contributed by atoms with Crippen molar-refractivity contribution in [2.24, 2.45) is 0 Å². The Kier molecular flexibility index (Phi) is 5.87. The zero-order valence-electron chi connectivity index (χ0n) is 15.8. The van der Waals surface area contributed by atoms with Crippen molar-refractivity contribution in [1.29, 1.82) is 0 Å². The number of benzene rings is 1. The Balaban J connectivity index is 1.68. The van der Waals surface area contributed by atoms with E-state index in [0.29, 0.717) is 5.56 Å². The van der Waals surface area contributed by atoms with Crippen molar-refractivity contribution < 1.29 is 14.3 Å². The third-order valence-corrected chi connectivity index (χ3v) is 6.40. The fourth-order valence-electron chi connectivity index (χ4n) is 3.24. The van der Waals surface area contributed by atoms with Crippen molar-refractivity contribution in [3.63, 3.8) is 0 Å². The molecule has 0 radical (unpaired) electrons. The van der Waals surface area contributed by atoms with Crippen LogP contribution in [-0.2, 0) is 22.6 Å². The Morgan fingerprint density at radius 1 is 1.15 bits per heavy atom. The highest BCUT2D eigenvalue weighted by molar-refractivity contribution is 7.20. The maximum Gasteiger partial charge on any atom is 0.312 e. The molecule has 27 heavy (non-hydrogen) atoms. The van der Waals surface area contributed by atoms with Gasteiger partial charge in [0, 0.05) is 10.9 Å². The van der Waals surface area contributed by atoms with Gasteiger partial charge in [-0.1, -0.05) is 12.1 Å². The predicted octanol–water partition coefficient (Wildman–Crippen LogP) is 5.29. The molecule has 0 spiro atoms. The lowest BCUT2D eigenvalue weighted by atomic mass is 9.92. The molecule has 0 bridgehead atoms. The molecule has 0 fully saturated rings. The van der Waals surface area contributed by atoms with Crippen LogP contribution in [0.3, 0.4) is 0 Å². The Hall–Kier alpha value is -2.31. The van der Waals surface area contributed by atoms with Crippen LogP contribution in [-0.4, -0.2) is 16.7 Å². The molecule has 6 heteroatoms. The van der Waals surface area contributed by atoms with E-state index in [2.05, 4.69) is 4.98 Å². The Morgan fingerprint density at radius 3 is 2.59 bits per heavy atom. The number of thiophene rings is 1. The lowest BCUT2D eigenvalue weighted by molar-refractivity contribution is -0.144. The van der Waals surface area contributed by atoms with E-state index in [1.54, 1.807) is 18.3 Å². The molecule has 0 saturated heterocycles. The van der Waals surface area contributed by atoms with Gasteiger partial charge in [-0.05, 0) is 61.4 Å². The number of aromatic nitrogens is 1. The third-order valence-electron chi connectivity index (χ3n) is 4.47. The van der Waals surface area contributed by atoms with Crippen LogP contribution >= 0.6 is 22.7 Å². The molecule has 0 saturated carbocycles. The van der Waals surface area contributed by atoms with E-state index in [4.69, 9.17) is 4.74 Å². The number of ether oxygens (including phenoxy) is 1. The highest BCUT2D eigenvalue weighted by Crippen LogP contribution is 2.28. The fraction of sp³-hybridized carbons (Fsp3) is 0.286. The van der Waals surface area contributed by atoms with E-state index in [0.717, 1.165) is 37.8 Å². The van der Waals surface area contributed by atoms with Gasteiger partial charge >= 0.3 is 5.97 Å². The van der Waals surface area contributed by atoms with Crippen LogP contribution in [0.4, 0.5) is 0 Å². The van der Waals surface area contributed by atoms with Crippen molar-refractivity contribution in [3.8, 4) is 9.88 Å². The summed E-state index contributed by atoms with van der Waals surface area (Å²) in [5, 5.41) is 4.82. The molecular formula is C21H21NO3S2. The third kappa shape index (κ3) is 4.34. The van der Waals surface area contributed by atoms with E-state index < -0.39 is 0 Å². The average Bonchev–Trinajstić information content (AvgIpc) is 3.24. The molecule has 0 amide bonds. The molecule has 3 aromatic rings. The molecule has 1 aromatic carbocycles. The molecule has 4 nitrogen and oxygen atoms in total. The number of carbonyl (C=O) groups excluding carboxylic acids is 2. The van der Waals surface area contributed by atoms with Gasteiger partial charge in [-0.2, -0.15) is 0 Å². The summed E-state index contributed by atoms with van der Waals surface area (Å²) < 4.78 is 5.49. The highest BCUT2D eigenvalue weighted by Gasteiger charge is 2.16. The molecule has 2 aromatic heterocycles. The monoisotopic (exact) mass is 399 g/mol. The first-order valence-electron chi connectivity index (χ1n) is 8.61. The average molecular weight is 400 g/mol. The number of rotatable bonds is 6. The number of nitrogens with zero attached hydrogens (tertiary/aromatic N) is 1. The Morgan fingerprint density at radius 2 is 1.93 bits per heavy atom. The molecule has 0 aliphatic carbocycles. The van der Waals surface area contributed by atoms with Crippen LogP contribution in [0.5, 0.6) is 0 Å². The minimum absolute atomic E-state index is 0.0288. The van der Waals surface area contributed by atoms with Gasteiger partial charge in [-0.25, -0.2) is 4.98 Å². The van der Waals surface area contributed by atoms with Gasteiger partial charge in [0.05, 0.1) is 17.0 Å². The number of ketones is 1. The highest BCUT2D eigenvalue weighted by atomic mass is 32.1. The summed E-state index contributed by atoms with van der Waals surface area (Å²) in [5.41, 5.74) is 5.20. The Labute approximate surface area is 166 Å². The minimum Gasteiger partial charge on any atom is -0.460 e. The summed E-state index contributed by atoms with van der Waals surface area (Å²) in [6, 6.07) is 5.97. The first-order valence-corrected chi connectivity index (χ1v) is 10.4. The summed E-state index contributed by atoms with van der Waals surface area (Å²) in [7, 11) is 0. The first-order chi connectivity index (χ1) is 12.9. The lowest BCUT2D eigenvalue weighted by Gasteiger charge is -2.16. The SMILES string of the molecule is CC(=O)c1c(C)cc(C)c(COC(=O)Cc2csc(-c3cccs3)n2)c1C. The van der Waals surface area contributed by atoms with Crippen LogP contribution < -0.4 is 0 Å². The van der Waals surface area contributed by atoms with Crippen LogP contribution in [0.2, 0.25) is 0 Å². The van der Waals surface area contributed by atoms with E-state index >= 15 is 0 Å². The van der Waals surface area contributed by atoms with Gasteiger partial charge < -0.3 is 4.74 Å². The van der Waals surface area contributed by atoms with E-state index in [1.165, 1.54) is 11.3 Å². The molecule has 140 valence electrons. The summed E-state index contributed by atoms with van der Waals surface area (Å²) in [6.07, 6.45) is 0.144. The second-order valence-corrected chi connectivity index (χ2v) is 8.31. The summed E-state index contributed by atoms with van der Waals surface area (Å²) in [5.74, 6) is -0.289. The molecule has 0 N–H and O–H groups in total. The number of Topliss-reactive ketones (excluding diaryl/α,β-unsaturated/α-hetero) is 1. The second-order valence-electron chi connectivity index (χ2n) is 6.50. The lowest BCUT2D eigenvalue weighted by Crippen LogP contribution is -2.12. The summed E-state index contributed by atoms with van der Waals surface area (Å²) in [6.45, 7) is 7.54. The molecule has 0 aliphatic heterocycles. The minimum atomic E-state index is -0.318. The van der Waals surface area contributed by atoms with Gasteiger partial charge in [-0.3, -0.25) is 9.59 Å². The Bertz CT molecular complexity index is 987. The number of aryl methyl sites for hydroxylation is 2. The topological polar surface area (TPSA) is 56.3 Å². The number of hydrogen-bond acceptors (Lipinski definition) is 6.